The molecule has 0 amide bonds. The first-order valence-corrected chi connectivity index (χ1v) is 5.80. The lowest BCUT2D eigenvalue weighted by molar-refractivity contribution is 0.0545. The molecular formula is C11H24N2O2. The summed E-state index contributed by atoms with van der Waals surface area (Å²) in [5.74, 6) is 0.731. The Balaban J connectivity index is 2.10. The van der Waals surface area contributed by atoms with E-state index in [1.165, 1.54) is 6.42 Å². The lowest BCUT2D eigenvalue weighted by Crippen LogP contribution is -2.40. The maximum Gasteiger partial charge on any atom is 0.0700 e. The second-order valence-corrected chi connectivity index (χ2v) is 4.21. The number of hydrogen-bond donors (Lipinski definition) is 1. The Morgan fingerprint density at radius 1 is 1.33 bits per heavy atom. The van der Waals surface area contributed by atoms with Gasteiger partial charge in [0.15, 0.2) is 0 Å². The van der Waals surface area contributed by atoms with Gasteiger partial charge in [-0.2, -0.15) is 0 Å². The van der Waals surface area contributed by atoms with Crippen LogP contribution in [0.1, 0.15) is 13.3 Å². The Labute approximate surface area is 92.7 Å². The largest absolute Gasteiger partial charge is 0.382 e. The highest BCUT2D eigenvalue weighted by atomic mass is 16.5. The van der Waals surface area contributed by atoms with Crippen molar-refractivity contribution in [2.45, 2.75) is 19.4 Å². The Hall–Kier alpha value is -0.160. The van der Waals surface area contributed by atoms with E-state index in [9.17, 15) is 0 Å². The van der Waals surface area contributed by atoms with Crippen molar-refractivity contribution < 1.29 is 9.47 Å². The quantitative estimate of drug-likeness (QED) is 0.623. The molecular weight excluding hydrogens is 192 g/mol. The summed E-state index contributed by atoms with van der Waals surface area (Å²) in [5, 5.41) is 0. The molecule has 1 aliphatic rings. The molecule has 4 nitrogen and oxygen atoms in total. The Morgan fingerprint density at radius 2 is 2.13 bits per heavy atom. The van der Waals surface area contributed by atoms with Gasteiger partial charge in [-0.05, 0) is 18.9 Å². The number of ether oxygens (including phenoxy) is 2. The molecule has 0 aromatic heterocycles. The third-order valence-electron chi connectivity index (χ3n) is 3.19. The lowest BCUT2D eigenvalue weighted by atomic mass is 10.0. The normalized spacial score (nSPS) is 27.4. The third kappa shape index (κ3) is 4.07. The smallest absolute Gasteiger partial charge is 0.0700 e. The maximum atomic E-state index is 5.76. The van der Waals surface area contributed by atoms with Gasteiger partial charge >= 0.3 is 0 Å². The van der Waals surface area contributed by atoms with Crippen molar-refractivity contribution in [3.63, 3.8) is 0 Å². The van der Waals surface area contributed by atoms with Crippen molar-refractivity contribution in [3.05, 3.63) is 0 Å². The zero-order chi connectivity index (χ0) is 11.1. The van der Waals surface area contributed by atoms with Crippen molar-refractivity contribution in [1.29, 1.82) is 0 Å². The molecule has 1 rings (SSSR count). The average Bonchev–Trinajstić information content (AvgIpc) is 2.59. The Morgan fingerprint density at radius 3 is 2.80 bits per heavy atom. The van der Waals surface area contributed by atoms with Crippen LogP contribution in [0, 0.1) is 5.92 Å². The molecule has 0 saturated carbocycles. The fraction of sp³-hybridized carbons (Fsp3) is 1.00. The predicted octanol–water partition coefficient (Wildman–Crippen LogP) is 0.319. The minimum absolute atomic E-state index is 0.552. The Kier molecular flexibility index (Phi) is 6.17. The SMILES string of the molecule is COCCOCCN1CCC(C)C1CN. The van der Waals surface area contributed by atoms with Gasteiger partial charge in [-0.3, -0.25) is 4.90 Å². The van der Waals surface area contributed by atoms with Gasteiger partial charge in [-0.15, -0.1) is 0 Å². The molecule has 2 N–H and O–H groups in total. The fourth-order valence-electron chi connectivity index (χ4n) is 2.17. The number of likely N-dealkylation sites (tertiary alicyclic amines) is 1. The standard InChI is InChI=1S/C11H24N2O2/c1-10-3-4-13(11(10)9-12)5-6-15-8-7-14-2/h10-11H,3-9,12H2,1-2H3. The molecule has 2 unspecified atom stereocenters. The van der Waals surface area contributed by atoms with Gasteiger partial charge in [-0.1, -0.05) is 6.92 Å². The molecule has 2 atom stereocenters. The Bertz CT molecular complexity index is 167. The van der Waals surface area contributed by atoms with E-state index >= 15 is 0 Å². The number of nitrogens with two attached hydrogens (primary N) is 1. The zero-order valence-corrected chi connectivity index (χ0v) is 9.95. The van der Waals surface area contributed by atoms with Crippen LogP contribution in [0.25, 0.3) is 0 Å². The van der Waals surface area contributed by atoms with Crippen LogP contribution in [0.15, 0.2) is 0 Å². The minimum Gasteiger partial charge on any atom is -0.382 e. The highest BCUT2D eigenvalue weighted by Gasteiger charge is 2.29. The van der Waals surface area contributed by atoms with Crippen LogP contribution in [0.2, 0.25) is 0 Å². The van der Waals surface area contributed by atoms with Crippen molar-refractivity contribution >= 4 is 0 Å². The summed E-state index contributed by atoms with van der Waals surface area (Å²) in [6.07, 6.45) is 1.26. The second-order valence-electron chi connectivity index (χ2n) is 4.21. The zero-order valence-electron chi connectivity index (χ0n) is 9.95. The fourth-order valence-corrected chi connectivity index (χ4v) is 2.17. The molecule has 0 spiro atoms. The summed E-state index contributed by atoms with van der Waals surface area (Å²) in [6, 6.07) is 0.552. The van der Waals surface area contributed by atoms with Crippen LogP contribution in [0.5, 0.6) is 0 Å². The summed E-state index contributed by atoms with van der Waals surface area (Å²) < 4.78 is 10.4. The summed E-state index contributed by atoms with van der Waals surface area (Å²) >= 11 is 0. The van der Waals surface area contributed by atoms with Gasteiger partial charge in [0.25, 0.3) is 0 Å². The second kappa shape index (κ2) is 7.17. The van der Waals surface area contributed by atoms with Crippen molar-refractivity contribution in [2.24, 2.45) is 11.7 Å². The van der Waals surface area contributed by atoms with Crippen LogP contribution in [0.3, 0.4) is 0 Å². The van der Waals surface area contributed by atoms with E-state index in [-0.39, 0.29) is 0 Å². The van der Waals surface area contributed by atoms with E-state index < -0.39 is 0 Å². The van der Waals surface area contributed by atoms with E-state index in [1.54, 1.807) is 7.11 Å². The molecule has 1 fully saturated rings. The molecule has 1 aliphatic heterocycles. The van der Waals surface area contributed by atoms with Gasteiger partial charge in [0, 0.05) is 26.2 Å². The molecule has 0 bridgehead atoms. The van der Waals surface area contributed by atoms with Gasteiger partial charge in [0.2, 0.25) is 0 Å². The van der Waals surface area contributed by atoms with Gasteiger partial charge in [0.05, 0.1) is 19.8 Å². The summed E-state index contributed by atoms with van der Waals surface area (Å²) in [6.45, 7) is 7.35. The molecule has 1 heterocycles. The molecule has 4 heteroatoms. The van der Waals surface area contributed by atoms with Crippen molar-refractivity contribution in [2.75, 3.05) is 46.6 Å². The molecule has 0 aliphatic carbocycles. The van der Waals surface area contributed by atoms with Crippen LogP contribution >= 0.6 is 0 Å². The van der Waals surface area contributed by atoms with E-state index in [0.29, 0.717) is 19.3 Å². The van der Waals surface area contributed by atoms with E-state index in [1.807, 2.05) is 0 Å². The molecule has 0 aromatic carbocycles. The highest BCUT2D eigenvalue weighted by molar-refractivity contribution is 4.84. The lowest BCUT2D eigenvalue weighted by Gasteiger charge is -2.25. The number of hydrogen-bond acceptors (Lipinski definition) is 4. The number of nitrogens with zero attached hydrogens (tertiary/aromatic N) is 1. The molecule has 1 saturated heterocycles. The van der Waals surface area contributed by atoms with Crippen molar-refractivity contribution in [1.82, 2.24) is 4.90 Å². The van der Waals surface area contributed by atoms with Crippen LogP contribution in [-0.4, -0.2) is 57.5 Å². The molecule has 90 valence electrons. The molecule has 0 aromatic rings. The summed E-state index contributed by atoms with van der Waals surface area (Å²) in [5.41, 5.74) is 5.76. The van der Waals surface area contributed by atoms with Crippen LogP contribution in [-0.2, 0) is 9.47 Å². The van der Waals surface area contributed by atoms with E-state index in [2.05, 4.69) is 11.8 Å². The number of methoxy groups -OCH3 is 1. The molecule has 0 radical (unpaired) electrons. The highest BCUT2D eigenvalue weighted by Crippen LogP contribution is 2.22. The maximum absolute atomic E-state index is 5.76. The third-order valence-corrected chi connectivity index (χ3v) is 3.19. The first-order chi connectivity index (χ1) is 7.29. The van der Waals surface area contributed by atoms with Crippen LogP contribution < -0.4 is 5.73 Å². The monoisotopic (exact) mass is 216 g/mol. The first-order valence-electron chi connectivity index (χ1n) is 5.80. The van der Waals surface area contributed by atoms with Crippen molar-refractivity contribution in [3.8, 4) is 0 Å². The molecule has 15 heavy (non-hydrogen) atoms. The summed E-state index contributed by atoms with van der Waals surface area (Å²) in [4.78, 5) is 2.44. The predicted molar refractivity (Wildman–Crippen MR) is 60.9 cm³/mol. The minimum atomic E-state index is 0.552. The van der Waals surface area contributed by atoms with Gasteiger partial charge < -0.3 is 15.2 Å². The van der Waals surface area contributed by atoms with Gasteiger partial charge in [0.1, 0.15) is 0 Å². The van der Waals surface area contributed by atoms with E-state index in [4.69, 9.17) is 15.2 Å². The first kappa shape index (κ1) is 12.9. The average molecular weight is 216 g/mol. The van der Waals surface area contributed by atoms with Crippen LogP contribution in [0.4, 0.5) is 0 Å². The van der Waals surface area contributed by atoms with E-state index in [0.717, 1.165) is 32.2 Å². The number of rotatable bonds is 7. The topological polar surface area (TPSA) is 47.7 Å². The summed E-state index contributed by atoms with van der Waals surface area (Å²) in [7, 11) is 1.69. The van der Waals surface area contributed by atoms with Gasteiger partial charge in [-0.25, -0.2) is 0 Å².